The average Bonchev–Trinajstić information content (AvgIpc) is 2.79. The highest BCUT2D eigenvalue weighted by Crippen LogP contribution is 2.37. The number of hydrazone groups is 1. The molecule has 3 N–H and O–H groups in total. The molecule has 0 heterocycles. The highest BCUT2D eigenvalue weighted by Gasteiger charge is 2.22. The second kappa shape index (κ2) is 8.97. The van der Waals surface area contributed by atoms with Crippen molar-refractivity contribution in [3.05, 3.63) is 101 Å². The molecular formula is C25H22ClN3O. The van der Waals surface area contributed by atoms with Gasteiger partial charge in [0, 0.05) is 5.02 Å². The molecule has 0 aliphatic heterocycles. The zero-order chi connectivity index (χ0) is 20.9. The van der Waals surface area contributed by atoms with Crippen LogP contribution in [0.4, 0.5) is 4.79 Å². The maximum absolute atomic E-state index is 11.1. The molecule has 0 fully saturated rings. The van der Waals surface area contributed by atoms with Crippen molar-refractivity contribution in [1.29, 1.82) is 0 Å². The Morgan fingerprint density at radius 2 is 1.50 bits per heavy atom. The third kappa shape index (κ3) is 4.78. The van der Waals surface area contributed by atoms with E-state index < -0.39 is 6.03 Å². The molecule has 1 aliphatic rings. The molecular weight excluding hydrogens is 394 g/mol. The summed E-state index contributed by atoms with van der Waals surface area (Å²) < 4.78 is 0. The summed E-state index contributed by atoms with van der Waals surface area (Å²) in [5.41, 5.74) is 14.2. The quantitative estimate of drug-likeness (QED) is 0.504. The van der Waals surface area contributed by atoms with Crippen molar-refractivity contribution >= 4 is 28.9 Å². The van der Waals surface area contributed by atoms with Crippen LogP contribution in [0.25, 0.3) is 16.7 Å². The Labute approximate surface area is 181 Å². The third-order valence-corrected chi connectivity index (χ3v) is 5.53. The van der Waals surface area contributed by atoms with E-state index in [2.05, 4.69) is 46.9 Å². The maximum atomic E-state index is 11.1. The van der Waals surface area contributed by atoms with Crippen LogP contribution in [0, 0.1) is 0 Å². The Morgan fingerprint density at radius 1 is 0.867 bits per heavy atom. The van der Waals surface area contributed by atoms with E-state index in [0.29, 0.717) is 11.4 Å². The van der Waals surface area contributed by atoms with Crippen molar-refractivity contribution in [2.24, 2.45) is 10.8 Å². The van der Waals surface area contributed by atoms with E-state index in [1.807, 2.05) is 48.5 Å². The number of primary amides is 1. The van der Waals surface area contributed by atoms with Gasteiger partial charge >= 0.3 is 6.03 Å². The number of rotatable bonds is 4. The first-order chi connectivity index (χ1) is 14.6. The number of carbonyl (C=O) groups excluding carboxylic acids is 1. The van der Waals surface area contributed by atoms with E-state index >= 15 is 0 Å². The van der Waals surface area contributed by atoms with Gasteiger partial charge in [0.05, 0.1) is 5.71 Å². The van der Waals surface area contributed by atoms with Crippen LogP contribution in [-0.4, -0.2) is 11.7 Å². The number of halogens is 1. The zero-order valence-corrected chi connectivity index (χ0v) is 17.1. The molecule has 1 unspecified atom stereocenters. The zero-order valence-electron chi connectivity index (χ0n) is 16.4. The Hall–Kier alpha value is -3.37. The molecule has 0 bridgehead atoms. The number of hydrogen-bond donors (Lipinski definition) is 2. The first-order valence-corrected chi connectivity index (χ1v) is 10.2. The fourth-order valence-corrected chi connectivity index (χ4v) is 3.92. The number of nitrogens with two attached hydrogens (primary N) is 1. The second-order valence-electron chi connectivity index (χ2n) is 7.35. The van der Waals surface area contributed by atoms with Gasteiger partial charge < -0.3 is 5.73 Å². The topological polar surface area (TPSA) is 67.5 Å². The summed E-state index contributed by atoms with van der Waals surface area (Å²) in [6.07, 6.45) is 3.63. The van der Waals surface area contributed by atoms with Gasteiger partial charge in [-0.2, -0.15) is 5.10 Å². The standard InChI is InChI=1S/C25H22ClN3O/c26-23-12-10-20(11-13-23)22-14-21(15-24(16-22)28-29-25(27)30)19-8-6-18(7-9-19)17-4-2-1-3-5-17/h1-13,15,22H,14,16H2,(H3,27,29,30)/b28-24-. The van der Waals surface area contributed by atoms with E-state index in [1.165, 1.54) is 22.3 Å². The number of allylic oxidation sites excluding steroid dienone is 2. The number of amides is 2. The summed E-state index contributed by atoms with van der Waals surface area (Å²) in [5, 5.41) is 4.92. The van der Waals surface area contributed by atoms with Crippen LogP contribution in [0.3, 0.4) is 0 Å². The van der Waals surface area contributed by atoms with Crippen LogP contribution in [0.2, 0.25) is 5.02 Å². The molecule has 0 saturated heterocycles. The van der Waals surface area contributed by atoms with E-state index in [-0.39, 0.29) is 5.92 Å². The van der Waals surface area contributed by atoms with E-state index in [0.717, 1.165) is 17.7 Å². The molecule has 1 aliphatic carbocycles. The minimum atomic E-state index is -0.668. The fourth-order valence-electron chi connectivity index (χ4n) is 3.79. The first-order valence-electron chi connectivity index (χ1n) is 9.82. The van der Waals surface area contributed by atoms with Crippen molar-refractivity contribution in [3.8, 4) is 11.1 Å². The van der Waals surface area contributed by atoms with Crippen molar-refractivity contribution in [2.45, 2.75) is 18.8 Å². The third-order valence-electron chi connectivity index (χ3n) is 5.28. The fraction of sp³-hybridized carbons (Fsp3) is 0.120. The lowest BCUT2D eigenvalue weighted by molar-refractivity contribution is 0.249. The van der Waals surface area contributed by atoms with Crippen LogP contribution < -0.4 is 11.2 Å². The summed E-state index contributed by atoms with van der Waals surface area (Å²) in [5.74, 6) is 0.240. The molecule has 4 nitrogen and oxygen atoms in total. The van der Waals surface area contributed by atoms with Gasteiger partial charge in [-0.15, -0.1) is 0 Å². The summed E-state index contributed by atoms with van der Waals surface area (Å²) in [4.78, 5) is 11.1. The Morgan fingerprint density at radius 3 is 2.17 bits per heavy atom. The number of hydrogen-bond acceptors (Lipinski definition) is 2. The highest BCUT2D eigenvalue weighted by molar-refractivity contribution is 6.30. The van der Waals surface area contributed by atoms with Crippen molar-refractivity contribution in [3.63, 3.8) is 0 Å². The number of nitrogens with zero attached hydrogens (tertiary/aromatic N) is 1. The van der Waals surface area contributed by atoms with Gasteiger partial charge in [0.25, 0.3) is 0 Å². The van der Waals surface area contributed by atoms with E-state index in [1.54, 1.807) is 0 Å². The number of nitrogens with one attached hydrogen (secondary N) is 1. The van der Waals surface area contributed by atoms with E-state index in [9.17, 15) is 4.79 Å². The highest BCUT2D eigenvalue weighted by atomic mass is 35.5. The molecule has 0 spiro atoms. The molecule has 1 atom stereocenters. The van der Waals surface area contributed by atoms with Crippen LogP contribution in [-0.2, 0) is 0 Å². The molecule has 0 aromatic heterocycles. The van der Waals surface area contributed by atoms with Gasteiger partial charge in [0.2, 0.25) is 0 Å². The van der Waals surface area contributed by atoms with Gasteiger partial charge in [-0.1, -0.05) is 78.3 Å². The van der Waals surface area contributed by atoms with Crippen LogP contribution in [0.15, 0.2) is 90.0 Å². The number of carbonyl (C=O) groups is 1. The van der Waals surface area contributed by atoms with Gasteiger partial charge in [0.15, 0.2) is 0 Å². The number of urea groups is 1. The molecule has 3 aromatic rings. The van der Waals surface area contributed by atoms with Gasteiger partial charge in [-0.3, -0.25) is 0 Å². The second-order valence-corrected chi connectivity index (χ2v) is 7.79. The minimum absolute atomic E-state index is 0.240. The van der Waals surface area contributed by atoms with Crippen LogP contribution in [0.5, 0.6) is 0 Å². The summed E-state index contributed by atoms with van der Waals surface area (Å²) in [6.45, 7) is 0. The van der Waals surface area contributed by atoms with Gasteiger partial charge in [-0.05, 0) is 64.8 Å². The first kappa shape index (κ1) is 19.9. The predicted octanol–water partition coefficient (Wildman–Crippen LogP) is 5.99. The molecule has 30 heavy (non-hydrogen) atoms. The summed E-state index contributed by atoms with van der Waals surface area (Å²) in [6, 6.07) is 26.1. The molecule has 150 valence electrons. The van der Waals surface area contributed by atoms with Crippen molar-refractivity contribution in [1.82, 2.24) is 5.43 Å². The molecule has 3 aromatic carbocycles. The smallest absolute Gasteiger partial charge is 0.332 e. The monoisotopic (exact) mass is 415 g/mol. The lowest BCUT2D eigenvalue weighted by Gasteiger charge is -2.25. The van der Waals surface area contributed by atoms with Crippen molar-refractivity contribution < 1.29 is 4.79 Å². The largest absolute Gasteiger partial charge is 0.350 e. The molecule has 4 rings (SSSR count). The maximum Gasteiger partial charge on any atom is 0.332 e. The molecule has 0 radical (unpaired) electrons. The van der Waals surface area contributed by atoms with Gasteiger partial charge in [-0.25, -0.2) is 10.2 Å². The summed E-state index contributed by atoms with van der Waals surface area (Å²) >= 11 is 6.06. The van der Waals surface area contributed by atoms with Gasteiger partial charge in [0.1, 0.15) is 0 Å². The predicted molar refractivity (Wildman–Crippen MR) is 123 cm³/mol. The lowest BCUT2D eigenvalue weighted by atomic mass is 9.80. The average molecular weight is 416 g/mol. The Balaban J connectivity index is 1.64. The van der Waals surface area contributed by atoms with Crippen LogP contribution in [0.1, 0.15) is 29.9 Å². The lowest BCUT2D eigenvalue weighted by Crippen LogP contribution is -2.26. The van der Waals surface area contributed by atoms with Crippen LogP contribution >= 0.6 is 11.6 Å². The normalized spacial score (nSPS) is 17.4. The van der Waals surface area contributed by atoms with Crippen molar-refractivity contribution in [2.75, 3.05) is 0 Å². The van der Waals surface area contributed by atoms with E-state index in [4.69, 9.17) is 17.3 Å². The molecule has 2 amide bonds. The molecule has 5 heteroatoms. The number of benzene rings is 3. The molecule has 0 saturated carbocycles. The Bertz CT molecular complexity index is 1090. The minimum Gasteiger partial charge on any atom is -0.350 e. The summed E-state index contributed by atoms with van der Waals surface area (Å²) in [7, 11) is 0. The Kier molecular flexibility index (Phi) is 5.96. The SMILES string of the molecule is NC(=O)N/N=C1/C=C(c2ccc(-c3ccccc3)cc2)CC(c2ccc(Cl)cc2)C1.